The molecule has 0 radical (unpaired) electrons. The van der Waals surface area contributed by atoms with Crippen molar-refractivity contribution in [1.29, 1.82) is 0 Å². The second-order valence-corrected chi connectivity index (χ2v) is 5.05. The molecule has 0 bridgehead atoms. The second-order valence-electron chi connectivity index (χ2n) is 4.78. The van der Waals surface area contributed by atoms with Crippen molar-refractivity contribution in [2.75, 3.05) is 5.88 Å². The highest BCUT2D eigenvalue weighted by Gasteiger charge is 2.34. The summed E-state index contributed by atoms with van der Waals surface area (Å²) in [5, 5.41) is 21.5. The topological polar surface area (TPSA) is 69.6 Å². The van der Waals surface area contributed by atoms with E-state index in [1.165, 1.54) is 18.2 Å². The largest absolute Gasteiger partial charge is 0.504 e. The number of alkyl halides is 1. The fourth-order valence-electron chi connectivity index (χ4n) is 2.32. The predicted octanol–water partition coefficient (Wildman–Crippen LogP) is 2.38. The van der Waals surface area contributed by atoms with Crippen molar-refractivity contribution in [3.63, 3.8) is 0 Å². The van der Waals surface area contributed by atoms with Gasteiger partial charge in [-0.25, -0.2) is 0 Å². The van der Waals surface area contributed by atoms with Crippen LogP contribution in [0.3, 0.4) is 0 Å². The maximum atomic E-state index is 12.1. The third-order valence-electron chi connectivity index (χ3n) is 3.43. The van der Waals surface area contributed by atoms with Gasteiger partial charge in [-0.15, -0.1) is 11.6 Å². The number of nitrogens with one attached hydrogen (secondary N) is 1. The minimum atomic E-state index is -0.327. The summed E-state index contributed by atoms with van der Waals surface area (Å²) in [5.74, 6) is -0.413. The van der Waals surface area contributed by atoms with Crippen molar-refractivity contribution in [3.8, 4) is 11.5 Å². The molecule has 1 aromatic carbocycles. The summed E-state index contributed by atoms with van der Waals surface area (Å²) < 4.78 is 0. The Labute approximate surface area is 111 Å². The lowest BCUT2D eigenvalue weighted by Crippen LogP contribution is -2.47. The van der Waals surface area contributed by atoms with Gasteiger partial charge < -0.3 is 15.5 Å². The normalized spacial score (nSPS) is 17.6. The fraction of sp³-hybridized carbons (Fsp3) is 0.462. The smallest absolute Gasteiger partial charge is 0.251 e. The molecule has 18 heavy (non-hydrogen) atoms. The number of phenolic OH excluding ortho intramolecular Hbond substituents is 2. The van der Waals surface area contributed by atoms with Crippen LogP contribution in [0.15, 0.2) is 18.2 Å². The highest BCUT2D eigenvalue weighted by Crippen LogP contribution is 2.31. The van der Waals surface area contributed by atoms with Crippen LogP contribution in [0.1, 0.15) is 36.0 Å². The SMILES string of the molecule is O=C(NC1(CCl)CCCC1)c1ccc(O)c(O)c1. The van der Waals surface area contributed by atoms with Gasteiger partial charge in [0.15, 0.2) is 11.5 Å². The van der Waals surface area contributed by atoms with Gasteiger partial charge in [0, 0.05) is 11.4 Å². The van der Waals surface area contributed by atoms with Gasteiger partial charge in [-0.3, -0.25) is 4.79 Å². The number of aromatic hydroxyl groups is 2. The average Bonchev–Trinajstić information content (AvgIpc) is 2.82. The van der Waals surface area contributed by atoms with Crippen molar-refractivity contribution in [1.82, 2.24) is 5.32 Å². The summed E-state index contributed by atoms with van der Waals surface area (Å²) in [4.78, 5) is 12.1. The van der Waals surface area contributed by atoms with E-state index in [1.54, 1.807) is 0 Å². The summed E-state index contributed by atoms with van der Waals surface area (Å²) in [5.41, 5.74) is -0.00623. The van der Waals surface area contributed by atoms with Crippen LogP contribution in [0.2, 0.25) is 0 Å². The molecule has 5 heteroatoms. The van der Waals surface area contributed by atoms with E-state index in [1.807, 2.05) is 0 Å². The summed E-state index contributed by atoms with van der Waals surface area (Å²) >= 11 is 5.95. The molecule has 4 nitrogen and oxygen atoms in total. The van der Waals surface area contributed by atoms with E-state index in [4.69, 9.17) is 11.6 Å². The van der Waals surface area contributed by atoms with E-state index in [0.717, 1.165) is 25.7 Å². The maximum Gasteiger partial charge on any atom is 0.251 e. The number of phenols is 2. The lowest BCUT2D eigenvalue weighted by atomic mass is 9.99. The van der Waals surface area contributed by atoms with Crippen LogP contribution in [-0.4, -0.2) is 27.5 Å². The van der Waals surface area contributed by atoms with Crippen molar-refractivity contribution >= 4 is 17.5 Å². The number of benzene rings is 1. The van der Waals surface area contributed by atoms with Crippen molar-refractivity contribution in [3.05, 3.63) is 23.8 Å². The Bertz CT molecular complexity index is 456. The standard InChI is InChI=1S/C13H16ClNO3/c14-8-13(5-1-2-6-13)15-12(18)9-3-4-10(16)11(17)7-9/h3-4,7,16-17H,1-2,5-6,8H2,(H,15,18). The first kappa shape index (κ1) is 13.0. The van der Waals surface area contributed by atoms with Crippen LogP contribution >= 0.6 is 11.6 Å². The molecule has 1 aliphatic carbocycles. The number of carbonyl (C=O) groups excluding carboxylic acids is 1. The first-order valence-corrected chi connectivity index (χ1v) is 6.50. The lowest BCUT2D eigenvalue weighted by Gasteiger charge is -2.27. The van der Waals surface area contributed by atoms with Gasteiger partial charge >= 0.3 is 0 Å². The van der Waals surface area contributed by atoms with Gasteiger partial charge in [-0.2, -0.15) is 0 Å². The van der Waals surface area contributed by atoms with Crippen LogP contribution in [0.4, 0.5) is 0 Å². The molecule has 0 aromatic heterocycles. The Morgan fingerprint density at radius 2 is 1.94 bits per heavy atom. The average molecular weight is 270 g/mol. The molecule has 0 heterocycles. The summed E-state index contributed by atoms with van der Waals surface area (Å²) in [6, 6.07) is 4.02. The quantitative estimate of drug-likeness (QED) is 0.583. The molecule has 0 saturated heterocycles. The zero-order valence-corrected chi connectivity index (χ0v) is 10.7. The molecule has 2 rings (SSSR count). The fourth-order valence-corrected chi connectivity index (χ4v) is 2.66. The molecule has 3 N–H and O–H groups in total. The third-order valence-corrected chi connectivity index (χ3v) is 3.94. The van der Waals surface area contributed by atoms with Gasteiger partial charge in [-0.1, -0.05) is 12.8 Å². The van der Waals surface area contributed by atoms with E-state index in [9.17, 15) is 15.0 Å². The molecule has 0 spiro atoms. The first-order chi connectivity index (χ1) is 8.56. The van der Waals surface area contributed by atoms with E-state index in [-0.39, 0.29) is 22.9 Å². The number of amides is 1. The Morgan fingerprint density at radius 1 is 1.28 bits per heavy atom. The molecule has 98 valence electrons. The van der Waals surface area contributed by atoms with E-state index < -0.39 is 0 Å². The Hall–Kier alpha value is -1.42. The molecule has 1 fully saturated rings. The minimum absolute atomic E-state index is 0.237. The molecule has 0 atom stereocenters. The van der Waals surface area contributed by atoms with Crippen LogP contribution in [-0.2, 0) is 0 Å². The molecule has 1 amide bonds. The zero-order valence-electron chi connectivity index (χ0n) is 9.95. The molecule has 0 aliphatic heterocycles. The van der Waals surface area contributed by atoms with E-state index >= 15 is 0 Å². The van der Waals surface area contributed by atoms with Gasteiger partial charge in [0.05, 0.1) is 5.54 Å². The molecule has 1 aliphatic rings. The molecule has 1 saturated carbocycles. The van der Waals surface area contributed by atoms with Crippen LogP contribution < -0.4 is 5.32 Å². The molecule has 1 aromatic rings. The molecular weight excluding hydrogens is 254 g/mol. The Morgan fingerprint density at radius 3 is 2.50 bits per heavy atom. The Kier molecular flexibility index (Phi) is 3.66. The second kappa shape index (κ2) is 5.06. The van der Waals surface area contributed by atoms with E-state index in [2.05, 4.69) is 5.32 Å². The first-order valence-electron chi connectivity index (χ1n) is 5.97. The zero-order chi connectivity index (χ0) is 13.2. The van der Waals surface area contributed by atoms with Crippen LogP contribution in [0.25, 0.3) is 0 Å². The van der Waals surface area contributed by atoms with E-state index in [0.29, 0.717) is 11.4 Å². The van der Waals surface area contributed by atoms with Crippen molar-refractivity contribution in [2.24, 2.45) is 0 Å². The van der Waals surface area contributed by atoms with Gasteiger partial charge in [0.25, 0.3) is 5.91 Å². The van der Waals surface area contributed by atoms with Crippen LogP contribution in [0, 0.1) is 0 Å². The predicted molar refractivity (Wildman–Crippen MR) is 69.2 cm³/mol. The monoisotopic (exact) mass is 269 g/mol. The lowest BCUT2D eigenvalue weighted by molar-refractivity contribution is 0.0909. The number of hydrogen-bond acceptors (Lipinski definition) is 3. The number of rotatable bonds is 3. The summed E-state index contributed by atoms with van der Waals surface area (Å²) in [7, 11) is 0. The van der Waals surface area contributed by atoms with Crippen molar-refractivity contribution < 1.29 is 15.0 Å². The summed E-state index contributed by atoms with van der Waals surface area (Å²) in [6.45, 7) is 0. The number of carbonyl (C=O) groups is 1. The number of halogens is 1. The number of hydrogen-bond donors (Lipinski definition) is 3. The highest BCUT2D eigenvalue weighted by atomic mass is 35.5. The van der Waals surface area contributed by atoms with Gasteiger partial charge in [0.2, 0.25) is 0 Å². The van der Waals surface area contributed by atoms with Crippen molar-refractivity contribution in [2.45, 2.75) is 31.2 Å². The minimum Gasteiger partial charge on any atom is -0.504 e. The molecular formula is C13H16ClNO3. The Balaban J connectivity index is 2.13. The van der Waals surface area contributed by atoms with Gasteiger partial charge in [0.1, 0.15) is 0 Å². The molecule has 0 unspecified atom stereocenters. The maximum absolute atomic E-state index is 12.1. The third kappa shape index (κ3) is 2.53. The van der Waals surface area contributed by atoms with Crippen LogP contribution in [0.5, 0.6) is 11.5 Å². The highest BCUT2D eigenvalue weighted by molar-refractivity contribution is 6.19. The van der Waals surface area contributed by atoms with Gasteiger partial charge in [-0.05, 0) is 31.0 Å². The summed E-state index contributed by atoms with van der Waals surface area (Å²) in [6.07, 6.45) is 3.89.